The molecule has 2 N–H and O–H groups in total. The number of halogens is 1. The van der Waals surface area contributed by atoms with Crippen molar-refractivity contribution >= 4 is 28.3 Å². The first-order chi connectivity index (χ1) is 12.0. The molecule has 1 aliphatic heterocycles. The van der Waals surface area contributed by atoms with Crippen molar-refractivity contribution in [2.45, 2.75) is 50.5 Å². The van der Waals surface area contributed by atoms with Crippen molar-refractivity contribution in [3.8, 4) is 0 Å². The highest BCUT2D eigenvalue weighted by Gasteiger charge is 2.23. The Kier molecular flexibility index (Phi) is 9.57. The van der Waals surface area contributed by atoms with Crippen molar-refractivity contribution in [2.75, 3.05) is 26.2 Å². The number of carbonyl (C=O) groups is 1. The predicted molar refractivity (Wildman–Crippen MR) is 106 cm³/mol. The van der Waals surface area contributed by atoms with Gasteiger partial charge in [0.25, 0.3) is 5.91 Å². The van der Waals surface area contributed by atoms with Crippen LogP contribution in [0.2, 0.25) is 0 Å². The van der Waals surface area contributed by atoms with Crippen LogP contribution in [0.3, 0.4) is 0 Å². The Morgan fingerprint density at radius 2 is 1.65 bits per heavy atom. The van der Waals surface area contributed by atoms with Gasteiger partial charge in [-0.1, -0.05) is 13.8 Å². The number of piperidine rings is 1. The molecule has 2 rings (SSSR count). The Hall–Kier alpha value is -1.15. The number of rotatable bonds is 8. The number of nitrogens with zero attached hydrogens (tertiary/aromatic N) is 1. The second kappa shape index (κ2) is 10.9. The molecule has 0 saturated carbocycles. The number of nitrogens with one attached hydrogen (secondary N) is 2. The van der Waals surface area contributed by atoms with E-state index in [0.717, 1.165) is 38.8 Å². The Morgan fingerprint density at radius 1 is 1.12 bits per heavy atom. The van der Waals surface area contributed by atoms with Gasteiger partial charge < -0.3 is 10.6 Å². The standard InChI is InChI=1S/C18H29N3O3S.ClH/c1-3-13-21(14-4-2)25(23,24)17-7-5-15(6-8-17)18(22)20-16-9-11-19-12-10-16;/h5-8,16,19H,3-4,9-14H2,1-2H3,(H,20,22);1H. The van der Waals surface area contributed by atoms with Crippen molar-refractivity contribution in [1.82, 2.24) is 14.9 Å². The summed E-state index contributed by atoms with van der Waals surface area (Å²) in [6, 6.07) is 6.44. The van der Waals surface area contributed by atoms with E-state index in [0.29, 0.717) is 18.7 Å². The molecule has 148 valence electrons. The van der Waals surface area contributed by atoms with Gasteiger partial charge in [0.05, 0.1) is 4.90 Å². The number of carbonyl (C=O) groups excluding carboxylic acids is 1. The van der Waals surface area contributed by atoms with Gasteiger partial charge in [0.2, 0.25) is 10.0 Å². The first-order valence-corrected chi connectivity index (χ1v) is 10.5. The van der Waals surface area contributed by atoms with Gasteiger partial charge in [-0.25, -0.2) is 8.42 Å². The fraction of sp³-hybridized carbons (Fsp3) is 0.611. The fourth-order valence-corrected chi connectivity index (χ4v) is 4.64. The van der Waals surface area contributed by atoms with Crippen LogP contribution in [-0.4, -0.2) is 50.9 Å². The summed E-state index contributed by atoms with van der Waals surface area (Å²) in [4.78, 5) is 12.6. The molecule has 8 heteroatoms. The van der Waals surface area contributed by atoms with Crippen LogP contribution >= 0.6 is 12.4 Å². The van der Waals surface area contributed by atoms with Gasteiger partial charge in [-0.15, -0.1) is 12.4 Å². The lowest BCUT2D eigenvalue weighted by Crippen LogP contribution is -2.42. The molecule has 0 unspecified atom stereocenters. The van der Waals surface area contributed by atoms with Crippen LogP contribution in [0, 0.1) is 0 Å². The van der Waals surface area contributed by atoms with Gasteiger partial charge in [0.1, 0.15) is 0 Å². The molecule has 1 aromatic carbocycles. The van der Waals surface area contributed by atoms with E-state index in [1.807, 2.05) is 13.8 Å². The van der Waals surface area contributed by atoms with Gasteiger partial charge in [0, 0.05) is 24.7 Å². The highest BCUT2D eigenvalue weighted by molar-refractivity contribution is 7.89. The smallest absolute Gasteiger partial charge is 0.251 e. The number of benzene rings is 1. The third-order valence-corrected chi connectivity index (χ3v) is 6.29. The Morgan fingerprint density at radius 3 is 2.15 bits per heavy atom. The average molecular weight is 404 g/mol. The third kappa shape index (κ3) is 5.94. The largest absolute Gasteiger partial charge is 0.349 e. The molecule has 6 nitrogen and oxygen atoms in total. The molecule has 1 aromatic rings. The number of hydrogen-bond donors (Lipinski definition) is 2. The molecule has 0 bridgehead atoms. The molecule has 0 spiro atoms. The number of amides is 1. The maximum Gasteiger partial charge on any atom is 0.251 e. The van der Waals surface area contributed by atoms with E-state index in [1.54, 1.807) is 12.1 Å². The lowest BCUT2D eigenvalue weighted by atomic mass is 10.1. The molecular formula is C18H30ClN3O3S. The van der Waals surface area contributed by atoms with Crippen molar-refractivity contribution in [2.24, 2.45) is 0 Å². The third-order valence-electron chi connectivity index (χ3n) is 4.37. The van der Waals surface area contributed by atoms with Crippen LogP contribution in [0.5, 0.6) is 0 Å². The SMILES string of the molecule is CCCN(CCC)S(=O)(=O)c1ccc(C(=O)NC2CCNCC2)cc1.Cl. The van der Waals surface area contributed by atoms with E-state index in [4.69, 9.17) is 0 Å². The maximum atomic E-state index is 12.7. The van der Waals surface area contributed by atoms with Crippen LogP contribution in [0.1, 0.15) is 49.9 Å². The molecule has 1 amide bonds. The van der Waals surface area contributed by atoms with Gasteiger partial charge >= 0.3 is 0 Å². The fourth-order valence-electron chi connectivity index (χ4n) is 3.01. The molecule has 1 heterocycles. The maximum absolute atomic E-state index is 12.7. The molecular weight excluding hydrogens is 374 g/mol. The molecule has 1 aliphatic rings. The Balaban J connectivity index is 0.00000338. The molecule has 0 aromatic heterocycles. The molecule has 0 radical (unpaired) electrons. The minimum absolute atomic E-state index is 0. The summed E-state index contributed by atoms with van der Waals surface area (Å²) in [7, 11) is -3.50. The van der Waals surface area contributed by atoms with Crippen molar-refractivity contribution in [3.05, 3.63) is 29.8 Å². The van der Waals surface area contributed by atoms with Crippen LogP contribution in [0.15, 0.2) is 29.2 Å². The van der Waals surface area contributed by atoms with Crippen molar-refractivity contribution < 1.29 is 13.2 Å². The Bertz CT molecular complexity index is 653. The van der Waals surface area contributed by atoms with E-state index in [9.17, 15) is 13.2 Å². The van der Waals surface area contributed by atoms with Crippen LogP contribution in [0.4, 0.5) is 0 Å². The summed E-state index contributed by atoms with van der Waals surface area (Å²) < 4.78 is 27.0. The quantitative estimate of drug-likeness (QED) is 0.698. The normalized spacial score (nSPS) is 15.5. The van der Waals surface area contributed by atoms with E-state index in [2.05, 4.69) is 10.6 Å². The first-order valence-electron chi connectivity index (χ1n) is 9.10. The van der Waals surface area contributed by atoms with E-state index >= 15 is 0 Å². The Labute approximate surface area is 163 Å². The first kappa shape index (κ1) is 22.9. The van der Waals surface area contributed by atoms with E-state index in [1.165, 1.54) is 16.4 Å². The second-order valence-corrected chi connectivity index (χ2v) is 8.36. The second-order valence-electron chi connectivity index (χ2n) is 6.43. The van der Waals surface area contributed by atoms with Crippen molar-refractivity contribution in [1.29, 1.82) is 0 Å². The zero-order valence-corrected chi connectivity index (χ0v) is 17.2. The topological polar surface area (TPSA) is 78.5 Å². The van der Waals surface area contributed by atoms with Crippen LogP contribution < -0.4 is 10.6 Å². The van der Waals surface area contributed by atoms with Gasteiger partial charge in [-0.2, -0.15) is 4.31 Å². The lowest BCUT2D eigenvalue weighted by molar-refractivity contribution is 0.0929. The van der Waals surface area contributed by atoms with E-state index < -0.39 is 10.0 Å². The lowest BCUT2D eigenvalue weighted by Gasteiger charge is -2.24. The summed E-state index contributed by atoms with van der Waals surface area (Å²) in [5.41, 5.74) is 0.495. The average Bonchev–Trinajstić information content (AvgIpc) is 2.62. The summed E-state index contributed by atoms with van der Waals surface area (Å²) in [5.74, 6) is -0.144. The minimum atomic E-state index is -3.50. The summed E-state index contributed by atoms with van der Waals surface area (Å²) in [6.07, 6.45) is 3.38. The summed E-state index contributed by atoms with van der Waals surface area (Å²) >= 11 is 0. The van der Waals surface area contributed by atoms with Crippen molar-refractivity contribution in [3.63, 3.8) is 0 Å². The monoisotopic (exact) mass is 403 g/mol. The number of hydrogen-bond acceptors (Lipinski definition) is 4. The van der Waals surface area contributed by atoms with Gasteiger partial charge in [-0.05, 0) is 63.0 Å². The molecule has 1 fully saturated rings. The zero-order chi connectivity index (χ0) is 18.3. The van der Waals surface area contributed by atoms with E-state index in [-0.39, 0.29) is 29.3 Å². The molecule has 0 atom stereocenters. The molecule has 1 saturated heterocycles. The van der Waals surface area contributed by atoms with Gasteiger partial charge in [-0.3, -0.25) is 4.79 Å². The molecule has 0 aliphatic carbocycles. The summed E-state index contributed by atoms with van der Waals surface area (Å²) in [6.45, 7) is 6.76. The highest BCUT2D eigenvalue weighted by atomic mass is 35.5. The minimum Gasteiger partial charge on any atom is -0.349 e. The number of sulfonamides is 1. The van der Waals surface area contributed by atoms with Crippen LogP contribution in [-0.2, 0) is 10.0 Å². The highest BCUT2D eigenvalue weighted by Crippen LogP contribution is 2.17. The van der Waals surface area contributed by atoms with Gasteiger partial charge in [0.15, 0.2) is 0 Å². The molecule has 26 heavy (non-hydrogen) atoms. The van der Waals surface area contributed by atoms with Crippen LogP contribution in [0.25, 0.3) is 0 Å². The summed E-state index contributed by atoms with van der Waals surface area (Å²) in [5, 5.41) is 6.28. The zero-order valence-electron chi connectivity index (χ0n) is 15.5. The predicted octanol–water partition coefficient (Wildman–Crippen LogP) is 2.40.